The average Bonchev–Trinajstić information content (AvgIpc) is 2.44. The summed E-state index contributed by atoms with van der Waals surface area (Å²) in [5.74, 6) is 0. The summed E-state index contributed by atoms with van der Waals surface area (Å²) in [5, 5.41) is 0. The summed E-state index contributed by atoms with van der Waals surface area (Å²) in [6.45, 7) is 4.36. The number of fused-ring (bicyclic) bond motifs is 1. The molecule has 0 bridgehead atoms. The molecule has 1 aliphatic rings. The second kappa shape index (κ2) is 3.21. The predicted molar refractivity (Wildman–Crippen MR) is 58.4 cm³/mol. The minimum absolute atomic E-state index is 1.11. The lowest BCUT2D eigenvalue weighted by molar-refractivity contribution is 1.22. The Labute approximate surface area is 79.6 Å². The van der Waals surface area contributed by atoms with E-state index in [9.17, 15) is 0 Å². The monoisotopic (exact) mass is 170 g/mol. The van der Waals surface area contributed by atoms with Crippen LogP contribution in [0.3, 0.4) is 0 Å². The zero-order chi connectivity index (χ0) is 9.26. The molecule has 0 saturated heterocycles. The van der Waals surface area contributed by atoms with E-state index in [-0.39, 0.29) is 0 Å². The summed E-state index contributed by atoms with van der Waals surface area (Å²) >= 11 is 0. The Morgan fingerprint density at radius 1 is 1.23 bits per heavy atom. The van der Waals surface area contributed by atoms with Crippen LogP contribution in [-0.4, -0.2) is 0 Å². The van der Waals surface area contributed by atoms with Gasteiger partial charge in [0.15, 0.2) is 0 Å². The van der Waals surface area contributed by atoms with Gasteiger partial charge in [0, 0.05) is 0 Å². The van der Waals surface area contributed by atoms with Crippen molar-refractivity contribution >= 4 is 11.6 Å². The van der Waals surface area contributed by atoms with Gasteiger partial charge in [0.1, 0.15) is 0 Å². The van der Waals surface area contributed by atoms with E-state index < -0.39 is 0 Å². The summed E-state index contributed by atoms with van der Waals surface area (Å²) in [5.41, 5.74) is 5.56. The van der Waals surface area contributed by atoms with Crippen LogP contribution in [0.1, 0.15) is 31.4 Å². The van der Waals surface area contributed by atoms with Gasteiger partial charge in [-0.1, -0.05) is 43.3 Å². The summed E-state index contributed by atoms with van der Waals surface area (Å²) < 4.78 is 0. The maximum absolute atomic E-state index is 2.30. The fraction of sp³-hybridized carbons (Fsp3) is 0.231. The molecule has 1 aliphatic carbocycles. The summed E-state index contributed by atoms with van der Waals surface area (Å²) in [6.07, 6.45) is 5.67. The van der Waals surface area contributed by atoms with E-state index in [1.807, 2.05) is 0 Å². The molecule has 13 heavy (non-hydrogen) atoms. The molecule has 0 aliphatic heterocycles. The molecule has 66 valence electrons. The molecule has 1 aromatic rings. The lowest BCUT2D eigenvalue weighted by Crippen LogP contribution is -1.81. The van der Waals surface area contributed by atoms with E-state index in [1.54, 1.807) is 0 Å². The zero-order valence-corrected chi connectivity index (χ0v) is 8.17. The molecule has 0 atom stereocenters. The van der Waals surface area contributed by atoms with Crippen LogP contribution in [0.15, 0.2) is 35.9 Å². The molecule has 2 rings (SSSR count). The summed E-state index contributed by atoms with van der Waals surface area (Å²) in [6, 6.07) is 8.57. The van der Waals surface area contributed by atoms with Crippen LogP contribution in [0.2, 0.25) is 0 Å². The number of hydrogen-bond acceptors (Lipinski definition) is 0. The van der Waals surface area contributed by atoms with E-state index in [2.05, 4.69) is 50.3 Å². The molecular formula is C13H14. The molecule has 0 heteroatoms. The molecule has 0 unspecified atom stereocenters. The highest BCUT2D eigenvalue weighted by atomic mass is 14.2. The number of benzene rings is 1. The second-order valence-electron chi connectivity index (χ2n) is 3.44. The van der Waals surface area contributed by atoms with Gasteiger partial charge in [0.05, 0.1) is 0 Å². The van der Waals surface area contributed by atoms with Crippen molar-refractivity contribution in [2.45, 2.75) is 20.3 Å². The standard InChI is InChI=1S/C13H14/c1-3-6-12-10(2)9-11-7-4-5-8-13(11)12/h4-9H,3H2,1-2H3. The molecule has 1 aromatic carbocycles. The van der Waals surface area contributed by atoms with Crippen molar-refractivity contribution in [1.82, 2.24) is 0 Å². The Morgan fingerprint density at radius 3 is 2.77 bits per heavy atom. The van der Waals surface area contributed by atoms with Crippen LogP contribution in [0.5, 0.6) is 0 Å². The first-order valence-corrected chi connectivity index (χ1v) is 4.81. The highest BCUT2D eigenvalue weighted by Crippen LogP contribution is 2.34. The largest absolute Gasteiger partial charge is 0.0766 e. The molecule has 0 radical (unpaired) electrons. The van der Waals surface area contributed by atoms with E-state index in [4.69, 9.17) is 0 Å². The third kappa shape index (κ3) is 1.33. The van der Waals surface area contributed by atoms with Gasteiger partial charge in [-0.3, -0.25) is 0 Å². The number of allylic oxidation sites excluding steroid dienone is 3. The van der Waals surface area contributed by atoms with Gasteiger partial charge in [-0.05, 0) is 35.6 Å². The van der Waals surface area contributed by atoms with Crippen molar-refractivity contribution < 1.29 is 0 Å². The van der Waals surface area contributed by atoms with E-state index in [1.165, 1.54) is 22.3 Å². The quantitative estimate of drug-likeness (QED) is 0.599. The van der Waals surface area contributed by atoms with E-state index in [0.717, 1.165) is 6.42 Å². The van der Waals surface area contributed by atoms with Crippen LogP contribution in [0, 0.1) is 0 Å². The molecule has 0 heterocycles. The minimum Gasteiger partial charge on any atom is -0.0766 e. The first-order chi connectivity index (χ1) is 6.33. The lowest BCUT2D eigenvalue weighted by atomic mass is 10.0. The molecule has 0 aromatic heterocycles. The SMILES string of the molecule is CCC=C1C(C)=Cc2ccccc21. The van der Waals surface area contributed by atoms with Crippen LogP contribution in [0.4, 0.5) is 0 Å². The van der Waals surface area contributed by atoms with Crippen molar-refractivity contribution in [3.63, 3.8) is 0 Å². The lowest BCUT2D eigenvalue weighted by Gasteiger charge is -2.01. The van der Waals surface area contributed by atoms with Gasteiger partial charge in [-0.2, -0.15) is 0 Å². The molecule has 0 N–H and O–H groups in total. The van der Waals surface area contributed by atoms with Crippen LogP contribution < -0.4 is 0 Å². The van der Waals surface area contributed by atoms with Crippen molar-refractivity contribution in [2.75, 3.05) is 0 Å². The Bertz CT molecular complexity index is 381. The normalized spacial score (nSPS) is 17.4. The Hall–Kier alpha value is -1.30. The smallest absolute Gasteiger partial charge is 0.0112 e. The maximum Gasteiger partial charge on any atom is -0.0112 e. The number of hydrogen-bond donors (Lipinski definition) is 0. The fourth-order valence-corrected chi connectivity index (χ4v) is 1.87. The fourth-order valence-electron chi connectivity index (χ4n) is 1.87. The van der Waals surface area contributed by atoms with Crippen molar-refractivity contribution in [3.05, 3.63) is 47.0 Å². The van der Waals surface area contributed by atoms with Crippen molar-refractivity contribution in [1.29, 1.82) is 0 Å². The first kappa shape index (κ1) is 8.31. The van der Waals surface area contributed by atoms with Gasteiger partial charge in [-0.15, -0.1) is 0 Å². The van der Waals surface area contributed by atoms with Crippen molar-refractivity contribution in [2.24, 2.45) is 0 Å². The molecule has 0 spiro atoms. The van der Waals surface area contributed by atoms with Crippen LogP contribution >= 0.6 is 0 Å². The Kier molecular flexibility index (Phi) is 2.05. The van der Waals surface area contributed by atoms with Gasteiger partial charge in [0.2, 0.25) is 0 Å². The molecular weight excluding hydrogens is 156 g/mol. The number of rotatable bonds is 1. The zero-order valence-electron chi connectivity index (χ0n) is 8.17. The van der Waals surface area contributed by atoms with Gasteiger partial charge >= 0.3 is 0 Å². The molecule has 0 amide bonds. The predicted octanol–water partition coefficient (Wildman–Crippen LogP) is 3.90. The third-order valence-electron chi connectivity index (χ3n) is 2.46. The second-order valence-corrected chi connectivity index (χ2v) is 3.44. The van der Waals surface area contributed by atoms with Gasteiger partial charge in [-0.25, -0.2) is 0 Å². The highest BCUT2D eigenvalue weighted by Gasteiger charge is 2.13. The molecule has 0 fully saturated rings. The van der Waals surface area contributed by atoms with E-state index >= 15 is 0 Å². The minimum atomic E-state index is 1.11. The Morgan fingerprint density at radius 2 is 2.00 bits per heavy atom. The maximum atomic E-state index is 2.30. The molecule has 0 nitrogen and oxygen atoms in total. The average molecular weight is 170 g/mol. The van der Waals surface area contributed by atoms with Crippen molar-refractivity contribution in [3.8, 4) is 0 Å². The molecule has 0 saturated carbocycles. The van der Waals surface area contributed by atoms with Crippen LogP contribution in [-0.2, 0) is 0 Å². The topological polar surface area (TPSA) is 0 Å². The summed E-state index contributed by atoms with van der Waals surface area (Å²) in [4.78, 5) is 0. The third-order valence-corrected chi connectivity index (χ3v) is 2.46. The van der Waals surface area contributed by atoms with Crippen LogP contribution in [0.25, 0.3) is 11.6 Å². The van der Waals surface area contributed by atoms with E-state index in [0.29, 0.717) is 0 Å². The first-order valence-electron chi connectivity index (χ1n) is 4.81. The summed E-state index contributed by atoms with van der Waals surface area (Å²) in [7, 11) is 0. The highest BCUT2D eigenvalue weighted by molar-refractivity contribution is 5.93. The van der Waals surface area contributed by atoms with Gasteiger partial charge < -0.3 is 0 Å². The van der Waals surface area contributed by atoms with Gasteiger partial charge in [0.25, 0.3) is 0 Å². The Balaban J connectivity index is 2.55.